The summed E-state index contributed by atoms with van der Waals surface area (Å²) in [4.78, 5) is 0. The van der Waals surface area contributed by atoms with Crippen LogP contribution in [0.25, 0.3) is 0 Å². The lowest BCUT2D eigenvalue weighted by Crippen LogP contribution is -2.49. The molecular formula is C19H32OSi. The molecule has 118 valence electrons. The fourth-order valence-electron chi connectivity index (χ4n) is 4.57. The van der Waals surface area contributed by atoms with Gasteiger partial charge in [-0.25, -0.2) is 0 Å². The average Bonchev–Trinajstić information content (AvgIpc) is 2.70. The molecule has 0 heterocycles. The lowest BCUT2D eigenvalue weighted by Gasteiger charge is -2.45. The Hall–Kier alpha value is -0.603. The third-order valence-electron chi connectivity index (χ3n) is 5.46. The summed E-state index contributed by atoms with van der Waals surface area (Å²) in [5.41, 5.74) is 4.89. The molecule has 1 aromatic carbocycles. The molecule has 0 saturated heterocycles. The molecule has 1 nitrogen and oxygen atoms in total. The summed E-state index contributed by atoms with van der Waals surface area (Å²) in [5, 5.41) is 0. The van der Waals surface area contributed by atoms with Gasteiger partial charge in [0.25, 0.3) is 0 Å². The van der Waals surface area contributed by atoms with E-state index in [2.05, 4.69) is 72.7 Å². The van der Waals surface area contributed by atoms with Crippen LogP contribution in [0.3, 0.4) is 0 Å². The van der Waals surface area contributed by atoms with Gasteiger partial charge >= 0.3 is 0 Å². The number of rotatable bonds is 5. The van der Waals surface area contributed by atoms with E-state index in [1.54, 1.807) is 0 Å². The first-order valence-electron chi connectivity index (χ1n) is 8.56. The van der Waals surface area contributed by atoms with Gasteiger partial charge in [0, 0.05) is 0 Å². The highest BCUT2D eigenvalue weighted by molar-refractivity contribution is 6.77. The smallest absolute Gasteiger partial charge is 0.201 e. The Bertz CT molecular complexity index is 456. The molecule has 0 radical (unpaired) electrons. The molecule has 0 aromatic heterocycles. The molecule has 0 amide bonds. The molecule has 2 unspecified atom stereocenters. The fourth-order valence-corrected chi connectivity index (χ4v) is 10.2. The fraction of sp³-hybridized carbons (Fsp3) is 0.684. The van der Waals surface area contributed by atoms with Gasteiger partial charge in [-0.1, -0.05) is 72.7 Å². The van der Waals surface area contributed by atoms with Crippen molar-refractivity contribution in [2.45, 2.75) is 77.6 Å². The van der Waals surface area contributed by atoms with Gasteiger partial charge in [0.2, 0.25) is 8.32 Å². The van der Waals surface area contributed by atoms with E-state index in [0.29, 0.717) is 28.6 Å². The second-order valence-corrected chi connectivity index (χ2v) is 13.1. The maximum atomic E-state index is 7.06. The minimum atomic E-state index is -1.80. The maximum absolute atomic E-state index is 7.06. The van der Waals surface area contributed by atoms with E-state index in [0.717, 1.165) is 0 Å². The molecule has 0 spiro atoms. The van der Waals surface area contributed by atoms with Gasteiger partial charge in [-0.05, 0) is 40.1 Å². The van der Waals surface area contributed by atoms with Gasteiger partial charge in [0.15, 0.2) is 0 Å². The lowest BCUT2D eigenvalue weighted by atomic mass is 10.1. The highest BCUT2D eigenvalue weighted by atomic mass is 28.4. The van der Waals surface area contributed by atoms with Crippen molar-refractivity contribution in [3.63, 3.8) is 0 Å². The standard InChI is InChI=1S/C19H32OSi/c1-13(2)21(14(3)4,15(5)6)20-19-16(7)12-17-10-8-9-11-18(17)19/h8-11,13-16,19H,12H2,1-7H3. The molecule has 2 atom stereocenters. The Morgan fingerprint density at radius 3 is 2.00 bits per heavy atom. The van der Waals surface area contributed by atoms with E-state index in [-0.39, 0.29) is 0 Å². The maximum Gasteiger partial charge on any atom is 0.201 e. The number of hydrogen-bond donors (Lipinski definition) is 0. The van der Waals surface area contributed by atoms with E-state index >= 15 is 0 Å². The number of benzene rings is 1. The molecular weight excluding hydrogens is 272 g/mol. The molecule has 1 aromatic rings. The van der Waals surface area contributed by atoms with Crippen LogP contribution in [-0.2, 0) is 10.8 Å². The van der Waals surface area contributed by atoms with Crippen molar-refractivity contribution in [1.82, 2.24) is 0 Å². The van der Waals surface area contributed by atoms with Gasteiger partial charge < -0.3 is 4.43 Å². The van der Waals surface area contributed by atoms with E-state index in [1.165, 1.54) is 17.5 Å². The Labute approximate surface area is 132 Å². The Balaban J connectivity index is 2.38. The Kier molecular flexibility index (Phi) is 4.99. The predicted octanol–water partition coefficient (Wildman–Crippen LogP) is 6.11. The van der Waals surface area contributed by atoms with Crippen molar-refractivity contribution in [3.05, 3.63) is 35.4 Å². The van der Waals surface area contributed by atoms with Crippen LogP contribution in [0.5, 0.6) is 0 Å². The van der Waals surface area contributed by atoms with Crippen LogP contribution < -0.4 is 0 Å². The Morgan fingerprint density at radius 2 is 1.48 bits per heavy atom. The highest BCUT2D eigenvalue weighted by Gasteiger charge is 2.48. The van der Waals surface area contributed by atoms with Crippen molar-refractivity contribution >= 4 is 8.32 Å². The summed E-state index contributed by atoms with van der Waals surface area (Å²) in [5.74, 6) is 0.602. The van der Waals surface area contributed by atoms with Gasteiger partial charge in [0.05, 0.1) is 6.10 Å². The number of fused-ring (bicyclic) bond motifs is 1. The van der Waals surface area contributed by atoms with Crippen LogP contribution in [0.1, 0.15) is 65.7 Å². The van der Waals surface area contributed by atoms with Crippen LogP contribution in [0.2, 0.25) is 16.6 Å². The molecule has 0 aliphatic heterocycles. The summed E-state index contributed by atoms with van der Waals surface area (Å²) >= 11 is 0. The third-order valence-corrected chi connectivity index (χ3v) is 11.5. The zero-order valence-electron chi connectivity index (χ0n) is 14.8. The molecule has 21 heavy (non-hydrogen) atoms. The van der Waals surface area contributed by atoms with Crippen LogP contribution >= 0.6 is 0 Å². The van der Waals surface area contributed by atoms with E-state index in [4.69, 9.17) is 4.43 Å². The van der Waals surface area contributed by atoms with Gasteiger partial charge in [0.1, 0.15) is 0 Å². The first kappa shape index (κ1) is 16.8. The quantitative estimate of drug-likeness (QED) is 0.596. The average molecular weight is 305 g/mol. The molecule has 0 bridgehead atoms. The van der Waals surface area contributed by atoms with E-state index in [1.807, 2.05) is 0 Å². The van der Waals surface area contributed by atoms with Gasteiger partial charge in [-0.3, -0.25) is 0 Å². The molecule has 1 aliphatic carbocycles. The summed E-state index contributed by atoms with van der Waals surface area (Å²) < 4.78 is 7.06. The molecule has 0 N–H and O–H groups in total. The van der Waals surface area contributed by atoms with Gasteiger partial charge in [-0.2, -0.15) is 0 Å². The first-order chi connectivity index (χ1) is 9.80. The molecule has 0 saturated carbocycles. The monoisotopic (exact) mass is 304 g/mol. The summed E-state index contributed by atoms with van der Waals surface area (Å²) in [6.07, 6.45) is 1.47. The second-order valence-electron chi connectivity index (χ2n) is 7.74. The summed E-state index contributed by atoms with van der Waals surface area (Å²) in [7, 11) is -1.80. The summed E-state index contributed by atoms with van der Waals surface area (Å²) in [6.45, 7) is 16.6. The van der Waals surface area contributed by atoms with Crippen LogP contribution in [-0.4, -0.2) is 8.32 Å². The van der Waals surface area contributed by atoms with E-state index in [9.17, 15) is 0 Å². The molecule has 2 heteroatoms. The lowest BCUT2D eigenvalue weighted by molar-refractivity contribution is 0.134. The molecule has 1 aliphatic rings. The SMILES string of the molecule is CC1Cc2ccccc2C1O[Si](C(C)C)(C(C)C)C(C)C. The molecule has 0 fully saturated rings. The topological polar surface area (TPSA) is 9.23 Å². The predicted molar refractivity (Wildman–Crippen MR) is 94.2 cm³/mol. The molecule has 2 rings (SSSR count). The van der Waals surface area contributed by atoms with Crippen LogP contribution in [0.4, 0.5) is 0 Å². The Morgan fingerprint density at radius 1 is 0.952 bits per heavy atom. The van der Waals surface area contributed by atoms with Crippen LogP contribution in [0.15, 0.2) is 24.3 Å². The van der Waals surface area contributed by atoms with Crippen LogP contribution in [0, 0.1) is 5.92 Å². The zero-order valence-corrected chi connectivity index (χ0v) is 15.8. The zero-order chi connectivity index (χ0) is 15.8. The van der Waals surface area contributed by atoms with Gasteiger partial charge in [-0.15, -0.1) is 0 Å². The third kappa shape index (κ3) is 2.85. The van der Waals surface area contributed by atoms with E-state index < -0.39 is 8.32 Å². The van der Waals surface area contributed by atoms with Crippen molar-refractivity contribution < 1.29 is 4.43 Å². The largest absolute Gasteiger partial charge is 0.409 e. The van der Waals surface area contributed by atoms with Crippen molar-refractivity contribution in [2.75, 3.05) is 0 Å². The van der Waals surface area contributed by atoms with Crippen molar-refractivity contribution in [2.24, 2.45) is 5.92 Å². The number of hydrogen-bond acceptors (Lipinski definition) is 1. The normalized spacial score (nSPS) is 22.4. The minimum Gasteiger partial charge on any atom is -0.409 e. The first-order valence-corrected chi connectivity index (χ1v) is 10.7. The minimum absolute atomic E-state index is 0.306. The second kappa shape index (κ2) is 6.25. The highest BCUT2D eigenvalue weighted by Crippen LogP contribution is 2.49. The summed E-state index contributed by atoms with van der Waals surface area (Å²) in [6, 6.07) is 8.88. The van der Waals surface area contributed by atoms with Crippen molar-refractivity contribution in [1.29, 1.82) is 0 Å². The van der Waals surface area contributed by atoms with Crippen molar-refractivity contribution in [3.8, 4) is 0 Å².